The third-order valence-corrected chi connectivity index (χ3v) is 7.81. The van der Waals surface area contributed by atoms with Crippen molar-refractivity contribution in [1.29, 1.82) is 0 Å². The van der Waals surface area contributed by atoms with Gasteiger partial charge in [0.05, 0.1) is 7.14 Å². The molecule has 0 N–H and O–H groups in total. The van der Waals surface area contributed by atoms with Gasteiger partial charge in [-0.15, -0.1) is 0 Å². The highest BCUT2D eigenvalue weighted by atomic mass is 31.2. The fourth-order valence-corrected chi connectivity index (χ4v) is 6.74. The molecular weight excluding hydrogens is 179 g/mol. The van der Waals surface area contributed by atoms with E-state index in [9.17, 15) is 4.57 Å². The van der Waals surface area contributed by atoms with Gasteiger partial charge in [-0.2, -0.15) is 0 Å². The Bertz CT molecular complexity index is 194. The second-order valence-electron chi connectivity index (χ2n) is 4.75. The molecule has 0 atom stereocenters. The first-order valence-electron chi connectivity index (χ1n) is 5.89. The Balaban J connectivity index is 2.03. The van der Waals surface area contributed by atoms with Gasteiger partial charge in [0.2, 0.25) is 0 Å². The van der Waals surface area contributed by atoms with Crippen molar-refractivity contribution >= 4 is 7.14 Å². The molecule has 0 aromatic carbocycles. The molecule has 2 rings (SSSR count). The Morgan fingerprint density at radius 2 is 1.31 bits per heavy atom. The highest BCUT2D eigenvalue weighted by Gasteiger charge is 2.34. The molecule has 1 aliphatic heterocycles. The standard InChI is InChI=1S/C11H21OP/c12-13(11-7-3-4-8-11)9-5-1-2-6-10-13/h11H,1-10H2. The van der Waals surface area contributed by atoms with Crippen molar-refractivity contribution in [1.82, 2.24) is 0 Å². The van der Waals surface area contributed by atoms with Crippen molar-refractivity contribution in [2.45, 2.75) is 57.0 Å². The van der Waals surface area contributed by atoms with E-state index in [0.29, 0.717) is 5.66 Å². The molecule has 0 radical (unpaired) electrons. The summed E-state index contributed by atoms with van der Waals surface area (Å²) in [5.74, 6) is 0. The van der Waals surface area contributed by atoms with Crippen LogP contribution in [0.2, 0.25) is 0 Å². The summed E-state index contributed by atoms with van der Waals surface area (Å²) in [6.45, 7) is 0. The molecule has 0 aromatic heterocycles. The highest BCUT2D eigenvalue weighted by Crippen LogP contribution is 2.58. The van der Waals surface area contributed by atoms with Crippen LogP contribution in [0.25, 0.3) is 0 Å². The molecule has 0 unspecified atom stereocenters. The summed E-state index contributed by atoms with van der Waals surface area (Å²) in [5.41, 5.74) is 0.644. The highest BCUT2D eigenvalue weighted by molar-refractivity contribution is 7.64. The van der Waals surface area contributed by atoms with Crippen molar-refractivity contribution in [2.24, 2.45) is 0 Å². The lowest BCUT2D eigenvalue weighted by Crippen LogP contribution is -2.08. The van der Waals surface area contributed by atoms with E-state index in [-0.39, 0.29) is 0 Å². The monoisotopic (exact) mass is 200 g/mol. The van der Waals surface area contributed by atoms with Crippen LogP contribution < -0.4 is 0 Å². The fourth-order valence-electron chi connectivity index (χ4n) is 2.96. The summed E-state index contributed by atoms with van der Waals surface area (Å²) in [5, 5.41) is 0. The van der Waals surface area contributed by atoms with Gasteiger partial charge in [0.15, 0.2) is 0 Å². The average molecular weight is 200 g/mol. The minimum Gasteiger partial charge on any atom is -0.323 e. The van der Waals surface area contributed by atoms with E-state index in [4.69, 9.17) is 0 Å². The van der Waals surface area contributed by atoms with Crippen LogP contribution in [0, 0.1) is 0 Å². The van der Waals surface area contributed by atoms with E-state index in [0.717, 1.165) is 12.3 Å². The summed E-state index contributed by atoms with van der Waals surface area (Å²) in [4.78, 5) is 0. The Labute approximate surface area is 81.7 Å². The zero-order valence-electron chi connectivity index (χ0n) is 8.50. The molecule has 1 saturated carbocycles. The Hall–Kier alpha value is 0.230. The summed E-state index contributed by atoms with van der Waals surface area (Å²) in [7, 11) is -1.70. The molecule has 1 nitrogen and oxygen atoms in total. The summed E-state index contributed by atoms with van der Waals surface area (Å²) >= 11 is 0. The number of hydrogen-bond acceptors (Lipinski definition) is 1. The molecule has 76 valence electrons. The molecule has 0 aromatic rings. The smallest absolute Gasteiger partial charge is 0.0906 e. The minimum absolute atomic E-state index is 0.644. The third-order valence-electron chi connectivity index (χ3n) is 3.81. The summed E-state index contributed by atoms with van der Waals surface area (Å²) in [6, 6.07) is 0. The van der Waals surface area contributed by atoms with Crippen LogP contribution in [-0.2, 0) is 4.57 Å². The van der Waals surface area contributed by atoms with E-state index < -0.39 is 7.14 Å². The van der Waals surface area contributed by atoms with E-state index >= 15 is 0 Å². The predicted molar refractivity (Wildman–Crippen MR) is 58.1 cm³/mol. The molecule has 0 amide bonds. The first kappa shape index (κ1) is 9.77. The molecule has 2 fully saturated rings. The molecule has 2 aliphatic rings. The van der Waals surface area contributed by atoms with Crippen LogP contribution >= 0.6 is 7.14 Å². The van der Waals surface area contributed by atoms with Gasteiger partial charge in [0.1, 0.15) is 0 Å². The van der Waals surface area contributed by atoms with Gasteiger partial charge in [0.25, 0.3) is 0 Å². The van der Waals surface area contributed by atoms with Crippen LogP contribution in [0.1, 0.15) is 51.4 Å². The fraction of sp³-hybridized carbons (Fsp3) is 1.00. The van der Waals surface area contributed by atoms with E-state index in [1.54, 1.807) is 0 Å². The summed E-state index contributed by atoms with van der Waals surface area (Å²) in [6.07, 6.45) is 12.5. The molecule has 1 aliphatic carbocycles. The van der Waals surface area contributed by atoms with Gasteiger partial charge in [-0.3, -0.25) is 0 Å². The molecule has 1 heterocycles. The van der Waals surface area contributed by atoms with Crippen LogP contribution in [0.5, 0.6) is 0 Å². The lowest BCUT2D eigenvalue weighted by molar-refractivity contribution is 0.562. The normalized spacial score (nSPS) is 30.2. The number of rotatable bonds is 1. The topological polar surface area (TPSA) is 17.1 Å². The van der Waals surface area contributed by atoms with E-state index in [1.165, 1.54) is 51.4 Å². The van der Waals surface area contributed by atoms with Crippen molar-refractivity contribution < 1.29 is 4.57 Å². The zero-order chi connectivity index (χ0) is 9.15. The molecule has 1 saturated heterocycles. The van der Waals surface area contributed by atoms with Crippen LogP contribution in [0.15, 0.2) is 0 Å². The minimum atomic E-state index is -1.70. The van der Waals surface area contributed by atoms with E-state index in [2.05, 4.69) is 0 Å². The third kappa shape index (κ3) is 2.18. The Morgan fingerprint density at radius 3 is 1.85 bits per heavy atom. The average Bonchev–Trinajstić information content (AvgIpc) is 2.57. The predicted octanol–water partition coefficient (Wildman–Crippen LogP) is 3.87. The van der Waals surface area contributed by atoms with Gasteiger partial charge in [-0.1, -0.05) is 25.7 Å². The first-order chi connectivity index (χ1) is 6.31. The molecule has 0 bridgehead atoms. The largest absolute Gasteiger partial charge is 0.323 e. The second-order valence-corrected chi connectivity index (χ2v) is 8.28. The van der Waals surface area contributed by atoms with Crippen molar-refractivity contribution in [3.63, 3.8) is 0 Å². The lowest BCUT2D eigenvalue weighted by Gasteiger charge is -2.22. The van der Waals surface area contributed by atoms with E-state index in [1.807, 2.05) is 0 Å². The van der Waals surface area contributed by atoms with Crippen LogP contribution in [0.4, 0.5) is 0 Å². The SMILES string of the molecule is O=P1(C2CCCC2)CCCCCC1. The van der Waals surface area contributed by atoms with Crippen LogP contribution in [-0.4, -0.2) is 18.0 Å². The van der Waals surface area contributed by atoms with Gasteiger partial charge in [-0.05, 0) is 25.7 Å². The maximum atomic E-state index is 12.7. The zero-order valence-corrected chi connectivity index (χ0v) is 9.40. The Kier molecular flexibility index (Phi) is 3.14. The van der Waals surface area contributed by atoms with Gasteiger partial charge in [-0.25, -0.2) is 0 Å². The van der Waals surface area contributed by atoms with Gasteiger partial charge < -0.3 is 4.57 Å². The summed E-state index contributed by atoms with van der Waals surface area (Å²) < 4.78 is 12.7. The molecular formula is C11H21OP. The molecule has 13 heavy (non-hydrogen) atoms. The lowest BCUT2D eigenvalue weighted by atomic mass is 10.2. The first-order valence-corrected chi connectivity index (χ1v) is 8.04. The quantitative estimate of drug-likeness (QED) is 0.587. The molecule has 2 heteroatoms. The maximum absolute atomic E-state index is 12.7. The van der Waals surface area contributed by atoms with Gasteiger partial charge >= 0.3 is 0 Å². The second kappa shape index (κ2) is 4.17. The van der Waals surface area contributed by atoms with Gasteiger partial charge in [0, 0.05) is 18.0 Å². The molecule has 0 spiro atoms. The van der Waals surface area contributed by atoms with Crippen molar-refractivity contribution in [3.8, 4) is 0 Å². The number of hydrogen-bond donors (Lipinski definition) is 0. The van der Waals surface area contributed by atoms with Crippen molar-refractivity contribution in [3.05, 3.63) is 0 Å². The maximum Gasteiger partial charge on any atom is 0.0906 e. The van der Waals surface area contributed by atoms with Crippen LogP contribution in [0.3, 0.4) is 0 Å². The van der Waals surface area contributed by atoms with Crippen molar-refractivity contribution in [2.75, 3.05) is 12.3 Å². The Morgan fingerprint density at radius 1 is 0.769 bits per heavy atom.